The molecule has 1 aromatic heterocycles. The second kappa shape index (κ2) is 6.22. The molecule has 1 aromatic carbocycles. The summed E-state index contributed by atoms with van der Waals surface area (Å²) in [5.41, 5.74) is 0. The summed E-state index contributed by atoms with van der Waals surface area (Å²) in [6.45, 7) is 1.98. The zero-order valence-electron chi connectivity index (χ0n) is 12.1. The summed E-state index contributed by atoms with van der Waals surface area (Å²) < 4.78 is 18.7. The molecule has 0 aliphatic carbocycles. The van der Waals surface area contributed by atoms with Gasteiger partial charge in [-0.25, -0.2) is 4.39 Å². The molecule has 0 N–H and O–H groups in total. The minimum atomic E-state index is -0.393. The highest BCUT2D eigenvalue weighted by Crippen LogP contribution is 2.27. The molecule has 2 aromatic rings. The second-order valence-electron chi connectivity index (χ2n) is 4.90. The van der Waals surface area contributed by atoms with Gasteiger partial charge in [0.1, 0.15) is 5.82 Å². The molecular formula is C15H16FNO3S. The second-order valence-corrected chi connectivity index (χ2v) is 5.99. The quantitative estimate of drug-likeness (QED) is 0.816. The fraction of sp³-hybridized carbons (Fsp3) is 0.333. The number of benzene rings is 1. The summed E-state index contributed by atoms with van der Waals surface area (Å²) in [5.74, 6) is -1.26. The van der Waals surface area contributed by atoms with Gasteiger partial charge in [-0.05, 0) is 29.7 Å². The van der Waals surface area contributed by atoms with E-state index in [9.17, 15) is 14.0 Å². The van der Waals surface area contributed by atoms with Crippen LogP contribution in [0.5, 0.6) is 0 Å². The first-order chi connectivity index (χ1) is 9.92. The summed E-state index contributed by atoms with van der Waals surface area (Å²) in [7, 11) is 2.95. The summed E-state index contributed by atoms with van der Waals surface area (Å²) in [5, 5.41) is 0.706. The van der Waals surface area contributed by atoms with Gasteiger partial charge >= 0.3 is 5.97 Å². The van der Waals surface area contributed by atoms with Gasteiger partial charge in [0.15, 0.2) is 0 Å². The van der Waals surface area contributed by atoms with Crippen LogP contribution in [-0.2, 0) is 9.53 Å². The lowest BCUT2D eigenvalue weighted by atomic mass is 10.1. The van der Waals surface area contributed by atoms with E-state index in [-0.39, 0.29) is 24.2 Å². The highest BCUT2D eigenvalue weighted by Gasteiger charge is 2.21. The first-order valence-corrected chi connectivity index (χ1v) is 7.26. The lowest BCUT2D eigenvalue weighted by Gasteiger charge is -2.19. The van der Waals surface area contributed by atoms with Crippen molar-refractivity contribution in [3.8, 4) is 0 Å². The Hall–Kier alpha value is -1.95. The predicted octanol–water partition coefficient (Wildman–Crippen LogP) is 2.92. The van der Waals surface area contributed by atoms with Crippen LogP contribution >= 0.6 is 11.3 Å². The van der Waals surface area contributed by atoms with E-state index in [1.807, 2.05) is 0 Å². The van der Waals surface area contributed by atoms with Crippen LogP contribution in [0, 0.1) is 11.7 Å². The standard InChI is InChI=1S/C15H16FNO3S/c1-9(15(19)20-3)8-17(2)14(18)13-7-10-6-11(16)4-5-12(10)21-13/h4-7,9H,8H2,1-3H3. The zero-order valence-corrected chi connectivity index (χ0v) is 12.9. The third kappa shape index (κ3) is 3.39. The van der Waals surface area contributed by atoms with Gasteiger partial charge in [-0.3, -0.25) is 9.59 Å². The third-order valence-corrected chi connectivity index (χ3v) is 4.29. The van der Waals surface area contributed by atoms with E-state index in [1.165, 1.54) is 35.5 Å². The van der Waals surface area contributed by atoms with Gasteiger partial charge < -0.3 is 9.64 Å². The molecule has 6 heteroatoms. The molecule has 0 saturated carbocycles. The molecule has 0 spiro atoms. The van der Waals surface area contributed by atoms with Crippen LogP contribution in [-0.4, -0.2) is 37.5 Å². The Morgan fingerprint density at radius 1 is 1.38 bits per heavy atom. The molecule has 0 aliphatic heterocycles. The molecule has 21 heavy (non-hydrogen) atoms. The van der Waals surface area contributed by atoms with Crippen molar-refractivity contribution in [1.29, 1.82) is 0 Å². The average Bonchev–Trinajstić information content (AvgIpc) is 2.88. The minimum Gasteiger partial charge on any atom is -0.469 e. The monoisotopic (exact) mass is 309 g/mol. The van der Waals surface area contributed by atoms with Gasteiger partial charge in [-0.2, -0.15) is 0 Å². The molecular weight excluding hydrogens is 293 g/mol. The number of thiophene rings is 1. The number of carbonyl (C=O) groups excluding carboxylic acids is 2. The van der Waals surface area contributed by atoms with E-state index in [2.05, 4.69) is 4.74 Å². The lowest BCUT2D eigenvalue weighted by molar-refractivity contribution is -0.145. The van der Waals surface area contributed by atoms with Gasteiger partial charge in [-0.1, -0.05) is 6.92 Å². The van der Waals surface area contributed by atoms with Crippen molar-refractivity contribution in [2.45, 2.75) is 6.92 Å². The molecule has 2 rings (SSSR count). The highest BCUT2D eigenvalue weighted by molar-refractivity contribution is 7.20. The number of nitrogens with zero attached hydrogens (tertiary/aromatic N) is 1. The molecule has 0 radical (unpaired) electrons. The van der Waals surface area contributed by atoms with Gasteiger partial charge in [-0.15, -0.1) is 11.3 Å². The van der Waals surface area contributed by atoms with Gasteiger partial charge in [0, 0.05) is 18.3 Å². The number of carbonyl (C=O) groups is 2. The van der Waals surface area contributed by atoms with Gasteiger partial charge in [0.05, 0.1) is 17.9 Å². The van der Waals surface area contributed by atoms with E-state index in [4.69, 9.17) is 0 Å². The predicted molar refractivity (Wildman–Crippen MR) is 79.9 cm³/mol. The fourth-order valence-electron chi connectivity index (χ4n) is 2.08. The molecule has 0 saturated heterocycles. The van der Waals surface area contributed by atoms with E-state index in [0.29, 0.717) is 10.3 Å². The number of esters is 1. The maximum atomic E-state index is 13.2. The van der Waals surface area contributed by atoms with Gasteiger partial charge in [0.2, 0.25) is 0 Å². The largest absolute Gasteiger partial charge is 0.469 e. The third-order valence-electron chi connectivity index (χ3n) is 3.19. The molecule has 4 nitrogen and oxygen atoms in total. The van der Waals surface area contributed by atoms with Crippen LogP contribution in [0.15, 0.2) is 24.3 Å². The number of halogens is 1. The topological polar surface area (TPSA) is 46.6 Å². The van der Waals surface area contributed by atoms with Crippen molar-refractivity contribution >= 4 is 33.3 Å². The first-order valence-electron chi connectivity index (χ1n) is 6.44. The van der Waals surface area contributed by atoms with Crippen LogP contribution < -0.4 is 0 Å². The van der Waals surface area contributed by atoms with E-state index < -0.39 is 5.92 Å². The number of hydrogen-bond donors (Lipinski definition) is 0. The van der Waals surface area contributed by atoms with E-state index in [0.717, 1.165) is 4.70 Å². The van der Waals surface area contributed by atoms with Crippen molar-refractivity contribution in [2.24, 2.45) is 5.92 Å². The molecule has 112 valence electrons. The SMILES string of the molecule is COC(=O)C(C)CN(C)C(=O)c1cc2cc(F)ccc2s1. The number of rotatable bonds is 4. The van der Waals surface area contributed by atoms with Crippen LogP contribution in [0.3, 0.4) is 0 Å². The number of amides is 1. The number of methoxy groups -OCH3 is 1. The van der Waals surface area contributed by atoms with E-state index in [1.54, 1.807) is 26.1 Å². The van der Waals surface area contributed by atoms with Crippen molar-refractivity contribution in [2.75, 3.05) is 20.7 Å². The Balaban J connectivity index is 2.15. The van der Waals surface area contributed by atoms with Crippen molar-refractivity contribution in [3.05, 3.63) is 35.0 Å². The van der Waals surface area contributed by atoms with Crippen LogP contribution in [0.1, 0.15) is 16.6 Å². The number of ether oxygens (including phenoxy) is 1. The summed E-state index contributed by atoms with van der Waals surface area (Å²) in [6.07, 6.45) is 0. The molecule has 1 atom stereocenters. The van der Waals surface area contributed by atoms with E-state index >= 15 is 0 Å². The Bertz CT molecular complexity index is 683. The minimum absolute atomic E-state index is 0.188. The Morgan fingerprint density at radius 2 is 2.10 bits per heavy atom. The highest BCUT2D eigenvalue weighted by atomic mass is 32.1. The van der Waals surface area contributed by atoms with Crippen LogP contribution in [0.2, 0.25) is 0 Å². The Morgan fingerprint density at radius 3 is 2.76 bits per heavy atom. The molecule has 0 bridgehead atoms. The average molecular weight is 309 g/mol. The van der Waals surface area contributed by atoms with Crippen molar-refractivity contribution < 1.29 is 18.7 Å². The molecule has 1 unspecified atom stereocenters. The molecule has 1 amide bonds. The maximum Gasteiger partial charge on any atom is 0.310 e. The Labute approximate surface area is 126 Å². The Kier molecular flexibility index (Phi) is 4.57. The number of fused-ring (bicyclic) bond motifs is 1. The summed E-state index contributed by atoms with van der Waals surface area (Å²) in [4.78, 5) is 25.7. The fourth-order valence-corrected chi connectivity index (χ4v) is 3.11. The maximum absolute atomic E-state index is 13.2. The molecule has 1 heterocycles. The van der Waals surface area contributed by atoms with Crippen LogP contribution in [0.4, 0.5) is 4.39 Å². The normalized spacial score (nSPS) is 12.2. The summed E-state index contributed by atoms with van der Waals surface area (Å²) >= 11 is 1.31. The zero-order chi connectivity index (χ0) is 15.6. The van der Waals surface area contributed by atoms with Crippen LogP contribution in [0.25, 0.3) is 10.1 Å². The van der Waals surface area contributed by atoms with Gasteiger partial charge in [0.25, 0.3) is 5.91 Å². The lowest BCUT2D eigenvalue weighted by Crippen LogP contribution is -2.33. The molecule has 0 fully saturated rings. The van der Waals surface area contributed by atoms with Crippen molar-refractivity contribution in [3.63, 3.8) is 0 Å². The molecule has 0 aliphatic rings. The first kappa shape index (κ1) is 15.4. The van der Waals surface area contributed by atoms with Crippen molar-refractivity contribution in [1.82, 2.24) is 4.90 Å². The smallest absolute Gasteiger partial charge is 0.310 e. The summed E-state index contributed by atoms with van der Waals surface area (Å²) in [6, 6.07) is 6.10. The number of hydrogen-bond acceptors (Lipinski definition) is 4.